The summed E-state index contributed by atoms with van der Waals surface area (Å²) in [6, 6.07) is 2.40. The van der Waals surface area contributed by atoms with E-state index in [9.17, 15) is 0 Å². The number of ether oxygens (including phenoxy) is 1. The number of nitrogens with one attached hydrogen (secondary N) is 1. The summed E-state index contributed by atoms with van der Waals surface area (Å²) in [6.45, 7) is 5.57. The third kappa shape index (κ3) is 3.09. The Balaban J connectivity index is 2.15. The van der Waals surface area contributed by atoms with Gasteiger partial charge in [-0.2, -0.15) is 0 Å². The molecule has 1 aromatic heterocycles. The number of hydrogen-bond acceptors (Lipinski definition) is 4. The number of methoxy groups -OCH3 is 1. The van der Waals surface area contributed by atoms with Crippen LogP contribution in [0.5, 0.6) is 0 Å². The molecule has 1 fully saturated rings. The lowest BCUT2D eigenvalue weighted by Crippen LogP contribution is -2.49. The van der Waals surface area contributed by atoms with E-state index in [4.69, 9.17) is 16.3 Å². The number of pyridine rings is 1. The molecular weight excluding hydrogens is 238 g/mol. The summed E-state index contributed by atoms with van der Waals surface area (Å²) in [4.78, 5) is 6.66. The lowest BCUT2D eigenvalue weighted by molar-refractivity contribution is 0.184. The Labute approximate surface area is 107 Å². The molecule has 0 spiro atoms. The van der Waals surface area contributed by atoms with Crippen molar-refractivity contribution >= 4 is 17.4 Å². The zero-order valence-corrected chi connectivity index (χ0v) is 11.0. The van der Waals surface area contributed by atoms with Crippen molar-refractivity contribution in [1.82, 2.24) is 10.3 Å². The maximum Gasteiger partial charge on any atom is 0.147 e. The van der Waals surface area contributed by atoms with E-state index in [0.29, 0.717) is 17.7 Å². The number of anilines is 1. The van der Waals surface area contributed by atoms with E-state index in [1.807, 2.05) is 12.3 Å². The summed E-state index contributed by atoms with van der Waals surface area (Å²) in [5, 5.41) is 4.10. The molecule has 1 aliphatic heterocycles. The van der Waals surface area contributed by atoms with Crippen molar-refractivity contribution in [3.63, 3.8) is 0 Å². The lowest BCUT2D eigenvalue weighted by Gasteiger charge is -2.33. The monoisotopic (exact) mass is 255 g/mol. The summed E-state index contributed by atoms with van der Waals surface area (Å²) in [6.07, 6.45) is 1.83. The topological polar surface area (TPSA) is 37.4 Å². The fraction of sp³-hybridized carbons (Fsp3) is 0.583. The van der Waals surface area contributed by atoms with Crippen LogP contribution in [-0.2, 0) is 11.3 Å². The molecule has 1 atom stereocenters. The van der Waals surface area contributed by atoms with Crippen LogP contribution in [0.15, 0.2) is 12.3 Å². The fourth-order valence-electron chi connectivity index (χ4n) is 2.07. The molecule has 0 bridgehead atoms. The molecule has 1 aliphatic rings. The summed E-state index contributed by atoms with van der Waals surface area (Å²) in [5.74, 6) is 0.875. The first-order chi connectivity index (χ1) is 8.20. The molecule has 1 aromatic rings. The van der Waals surface area contributed by atoms with Crippen molar-refractivity contribution in [1.29, 1.82) is 0 Å². The van der Waals surface area contributed by atoms with E-state index in [2.05, 4.69) is 22.1 Å². The molecule has 94 valence electrons. The Morgan fingerprint density at radius 2 is 2.47 bits per heavy atom. The van der Waals surface area contributed by atoms with Gasteiger partial charge in [0.15, 0.2) is 0 Å². The van der Waals surface area contributed by atoms with Crippen LogP contribution in [0.3, 0.4) is 0 Å². The second-order valence-electron chi connectivity index (χ2n) is 4.38. The highest BCUT2D eigenvalue weighted by Gasteiger charge is 2.19. The van der Waals surface area contributed by atoms with Gasteiger partial charge < -0.3 is 15.0 Å². The highest BCUT2D eigenvalue weighted by Crippen LogP contribution is 2.25. The molecule has 0 unspecified atom stereocenters. The molecule has 4 nitrogen and oxygen atoms in total. The predicted octanol–water partition coefficient (Wildman–Crippen LogP) is 1.68. The third-order valence-electron chi connectivity index (χ3n) is 2.86. The van der Waals surface area contributed by atoms with Crippen LogP contribution in [0.1, 0.15) is 12.5 Å². The standard InChI is InChI=1S/C12H18ClN3O/c1-9-7-16(4-3-14-9)12-11(13)5-10(6-15-12)8-17-2/h5-6,9,14H,3-4,7-8H2,1-2H3/t9-/m1/s1. The molecule has 2 heterocycles. The van der Waals surface area contributed by atoms with E-state index in [0.717, 1.165) is 31.0 Å². The van der Waals surface area contributed by atoms with Crippen LogP contribution in [0.2, 0.25) is 5.02 Å². The van der Waals surface area contributed by atoms with E-state index in [-0.39, 0.29) is 0 Å². The normalized spacial score (nSPS) is 20.6. The maximum atomic E-state index is 6.27. The van der Waals surface area contributed by atoms with Crippen LogP contribution >= 0.6 is 11.6 Å². The number of halogens is 1. The van der Waals surface area contributed by atoms with Crippen molar-refractivity contribution in [2.24, 2.45) is 0 Å². The van der Waals surface area contributed by atoms with Gasteiger partial charge in [0.25, 0.3) is 0 Å². The number of aromatic nitrogens is 1. The molecule has 1 N–H and O–H groups in total. The van der Waals surface area contributed by atoms with Crippen molar-refractivity contribution < 1.29 is 4.74 Å². The average Bonchev–Trinajstić information content (AvgIpc) is 2.29. The first kappa shape index (κ1) is 12.6. The van der Waals surface area contributed by atoms with Gasteiger partial charge in [-0.15, -0.1) is 0 Å². The molecule has 0 radical (unpaired) electrons. The number of rotatable bonds is 3. The van der Waals surface area contributed by atoms with Crippen LogP contribution in [0.4, 0.5) is 5.82 Å². The number of piperazine rings is 1. The van der Waals surface area contributed by atoms with Gasteiger partial charge in [-0.1, -0.05) is 11.6 Å². The molecule has 0 aliphatic carbocycles. The SMILES string of the molecule is COCc1cnc(N2CCN[C@H](C)C2)c(Cl)c1. The average molecular weight is 256 g/mol. The molecule has 17 heavy (non-hydrogen) atoms. The number of nitrogens with zero attached hydrogens (tertiary/aromatic N) is 2. The number of hydrogen-bond donors (Lipinski definition) is 1. The molecule has 5 heteroatoms. The molecule has 0 amide bonds. The van der Waals surface area contributed by atoms with Crippen LogP contribution in [0, 0.1) is 0 Å². The Hall–Kier alpha value is -0.840. The lowest BCUT2D eigenvalue weighted by atomic mass is 10.2. The van der Waals surface area contributed by atoms with Gasteiger partial charge in [0.2, 0.25) is 0 Å². The Morgan fingerprint density at radius 1 is 1.65 bits per heavy atom. The molecule has 1 saturated heterocycles. The largest absolute Gasteiger partial charge is 0.380 e. The predicted molar refractivity (Wildman–Crippen MR) is 69.6 cm³/mol. The van der Waals surface area contributed by atoms with E-state index >= 15 is 0 Å². The molecule has 0 aromatic carbocycles. The van der Waals surface area contributed by atoms with Crippen LogP contribution < -0.4 is 10.2 Å². The van der Waals surface area contributed by atoms with Gasteiger partial charge in [0, 0.05) is 39.0 Å². The Bertz CT molecular complexity index is 386. The highest BCUT2D eigenvalue weighted by molar-refractivity contribution is 6.33. The van der Waals surface area contributed by atoms with E-state index in [1.165, 1.54) is 0 Å². The van der Waals surface area contributed by atoms with Crippen molar-refractivity contribution in [3.05, 3.63) is 22.8 Å². The van der Waals surface area contributed by atoms with E-state index < -0.39 is 0 Å². The van der Waals surface area contributed by atoms with Gasteiger partial charge in [0.05, 0.1) is 11.6 Å². The van der Waals surface area contributed by atoms with Gasteiger partial charge >= 0.3 is 0 Å². The minimum Gasteiger partial charge on any atom is -0.380 e. The second-order valence-corrected chi connectivity index (χ2v) is 4.79. The summed E-state index contributed by atoms with van der Waals surface area (Å²) < 4.78 is 5.06. The smallest absolute Gasteiger partial charge is 0.147 e. The Kier molecular flexibility index (Phi) is 4.20. The third-order valence-corrected chi connectivity index (χ3v) is 3.14. The van der Waals surface area contributed by atoms with Crippen molar-refractivity contribution in [3.8, 4) is 0 Å². The maximum absolute atomic E-state index is 6.27. The summed E-state index contributed by atoms with van der Waals surface area (Å²) in [7, 11) is 1.67. The quantitative estimate of drug-likeness (QED) is 0.892. The fourth-order valence-corrected chi connectivity index (χ4v) is 2.38. The van der Waals surface area contributed by atoms with Crippen LogP contribution in [-0.4, -0.2) is 37.8 Å². The van der Waals surface area contributed by atoms with Crippen molar-refractivity contribution in [2.75, 3.05) is 31.6 Å². The van der Waals surface area contributed by atoms with Gasteiger partial charge in [-0.25, -0.2) is 4.98 Å². The molecule has 0 saturated carbocycles. The zero-order valence-electron chi connectivity index (χ0n) is 10.2. The first-order valence-corrected chi connectivity index (χ1v) is 6.20. The zero-order chi connectivity index (χ0) is 12.3. The highest BCUT2D eigenvalue weighted by atomic mass is 35.5. The van der Waals surface area contributed by atoms with Crippen molar-refractivity contribution in [2.45, 2.75) is 19.6 Å². The second kappa shape index (κ2) is 5.67. The first-order valence-electron chi connectivity index (χ1n) is 5.82. The van der Waals surface area contributed by atoms with Gasteiger partial charge in [-0.05, 0) is 18.6 Å². The summed E-state index contributed by atoms with van der Waals surface area (Å²) >= 11 is 6.27. The molecule has 2 rings (SSSR count). The summed E-state index contributed by atoms with van der Waals surface area (Å²) in [5.41, 5.74) is 1.00. The Morgan fingerprint density at radius 3 is 3.12 bits per heavy atom. The minimum atomic E-state index is 0.472. The molecular formula is C12H18ClN3O. The van der Waals surface area contributed by atoms with Crippen LogP contribution in [0.25, 0.3) is 0 Å². The van der Waals surface area contributed by atoms with Gasteiger partial charge in [-0.3, -0.25) is 0 Å². The minimum absolute atomic E-state index is 0.472. The van der Waals surface area contributed by atoms with Gasteiger partial charge in [0.1, 0.15) is 5.82 Å². The van der Waals surface area contributed by atoms with E-state index in [1.54, 1.807) is 7.11 Å².